The molecule has 0 aliphatic heterocycles. The molecule has 0 fully saturated rings. The van der Waals surface area contributed by atoms with Crippen molar-refractivity contribution in [2.24, 2.45) is 0 Å². The predicted molar refractivity (Wildman–Crippen MR) is 69.8 cm³/mol. The SMILES string of the molecule is CCc1ccc(C(Cl)c2cc(F)c(F)cc2F)cc1. The van der Waals surface area contributed by atoms with E-state index in [1.807, 2.05) is 19.1 Å². The van der Waals surface area contributed by atoms with Crippen molar-refractivity contribution in [1.29, 1.82) is 0 Å². The maximum absolute atomic E-state index is 13.6. The van der Waals surface area contributed by atoms with Crippen molar-refractivity contribution in [3.63, 3.8) is 0 Å². The summed E-state index contributed by atoms with van der Waals surface area (Å²) in [6.45, 7) is 2.02. The third-order valence-corrected chi connectivity index (χ3v) is 3.48. The first-order valence-corrected chi connectivity index (χ1v) is 6.34. The fraction of sp³-hybridized carbons (Fsp3) is 0.200. The lowest BCUT2D eigenvalue weighted by molar-refractivity contribution is 0.490. The predicted octanol–water partition coefficient (Wildman–Crippen LogP) is 4.99. The summed E-state index contributed by atoms with van der Waals surface area (Å²) in [5.41, 5.74) is 1.70. The molecule has 2 rings (SSSR count). The van der Waals surface area contributed by atoms with Crippen LogP contribution in [0.3, 0.4) is 0 Å². The average Bonchev–Trinajstić information content (AvgIpc) is 2.42. The van der Waals surface area contributed by atoms with Crippen LogP contribution in [0.4, 0.5) is 13.2 Å². The maximum atomic E-state index is 13.6. The fourth-order valence-electron chi connectivity index (χ4n) is 1.83. The number of hydrogen-bond donors (Lipinski definition) is 0. The third-order valence-electron chi connectivity index (χ3n) is 2.99. The lowest BCUT2D eigenvalue weighted by atomic mass is 10.0. The van der Waals surface area contributed by atoms with E-state index in [1.54, 1.807) is 12.1 Å². The molecule has 1 atom stereocenters. The highest BCUT2D eigenvalue weighted by atomic mass is 35.5. The minimum atomic E-state index is -1.22. The molecule has 0 radical (unpaired) electrons. The molecule has 2 aromatic rings. The highest BCUT2D eigenvalue weighted by molar-refractivity contribution is 6.22. The van der Waals surface area contributed by atoms with Crippen molar-refractivity contribution >= 4 is 11.6 Å². The van der Waals surface area contributed by atoms with Gasteiger partial charge in [0, 0.05) is 11.6 Å². The summed E-state index contributed by atoms with van der Waals surface area (Å²) in [6.07, 6.45) is 0.882. The standard InChI is InChI=1S/C15H12ClF3/c1-2-9-3-5-10(6-4-9)15(16)11-7-13(18)14(19)8-12(11)17/h3-8,15H,2H2,1H3. The van der Waals surface area contributed by atoms with Gasteiger partial charge in [0.25, 0.3) is 0 Å². The van der Waals surface area contributed by atoms with Crippen LogP contribution in [-0.2, 0) is 6.42 Å². The summed E-state index contributed by atoms with van der Waals surface area (Å²) in [5, 5.41) is -0.846. The topological polar surface area (TPSA) is 0 Å². The largest absolute Gasteiger partial charge is 0.207 e. The molecule has 0 aromatic heterocycles. The van der Waals surface area contributed by atoms with Gasteiger partial charge in [-0.05, 0) is 23.6 Å². The fourth-order valence-corrected chi connectivity index (χ4v) is 2.15. The van der Waals surface area contributed by atoms with Crippen LogP contribution in [-0.4, -0.2) is 0 Å². The molecule has 1 unspecified atom stereocenters. The van der Waals surface area contributed by atoms with E-state index in [4.69, 9.17) is 11.6 Å². The number of aryl methyl sites for hydroxylation is 1. The van der Waals surface area contributed by atoms with Crippen molar-refractivity contribution in [3.8, 4) is 0 Å². The molecule has 0 saturated heterocycles. The first-order valence-electron chi connectivity index (χ1n) is 5.90. The monoisotopic (exact) mass is 284 g/mol. The highest BCUT2D eigenvalue weighted by Crippen LogP contribution is 2.31. The van der Waals surface area contributed by atoms with Crippen molar-refractivity contribution in [1.82, 2.24) is 0 Å². The summed E-state index contributed by atoms with van der Waals surface area (Å²) >= 11 is 6.13. The molecule has 0 N–H and O–H groups in total. The summed E-state index contributed by atoms with van der Waals surface area (Å²) in [6, 6.07) is 8.59. The van der Waals surface area contributed by atoms with Crippen LogP contribution in [0.15, 0.2) is 36.4 Å². The Hall–Kier alpha value is -1.48. The summed E-state index contributed by atoms with van der Waals surface area (Å²) in [5.74, 6) is -3.17. The zero-order valence-electron chi connectivity index (χ0n) is 10.3. The van der Waals surface area contributed by atoms with E-state index in [9.17, 15) is 13.2 Å². The van der Waals surface area contributed by atoms with E-state index in [0.717, 1.165) is 18.1 Å². The third kappa shape index (κ3) is 2.92. The Bertz CT molecular complexity index is 579. The Morgan fingerprint density at radius 3 is 2.11 bits per heavy atom. The van der Waals surface area contributed by atoms with Crippen molar-refractivity contribution in [2.75, 3.05) is 0 Å². The van der Waals surface area contributed by atoms with Crippen LogP contribution in [0, 0.1) is 17.5 Å². The first-order chi connectivity index (χ1) is 9.02. The number of hydrogen-bond acceptors (Lipinski definition) is 0. The smallest absolute Gasteiger partial charge is 0.161 e. The first kappa shape index (κ1) is 13.9. The van der Waals surface area contributed by atoms with Gasteiger partial charge in [0.05, 0.1) is 5.38 Å². The Kier molecular flexibility index (Phi) is 4.15. The molecule has 4 heteroatoms. The summed E-state index contributed by atoms with van der Waals surface area (Å²) < 4.78 is 39.6. The van der Waals surface area contributed by atoms with E-state index < -0.39 is 22.8 Å². The van der Waals surface area contributed by atoms with Gasteiger partial charge >= 0.3 is 0 Å². The Morgan fingerprint density at radius 1 is 0.947 bits per heavy atom. The van der Waals surface area contributed by atoms with Gasteiger partial charge in [0.1, 0.15) is 5.82 Å². The minimum Gasteiger partial charge on any atom is -0.207 e. The van der Waals surface area contributed by atoms with Gasteiger partial charge < -0.3 is 0 Å². The van der Waals surface area contributed by atoms with Crippen LogP contribution in [0.5, 0.6) is 0 Å². The molecule has 0 nitrogen and oxygen atoms in total. The molecule has 19 heavy (non-hydrogen) atoms. The van der Waals surface area contributed by atoms with Crippen molar-refractivity contribution in [2.45, 2.75) is 18.7 Å². The lowest BCUT2D eigenvalue weighted by Gasteiger charge is -2.12. The van der Waals surface area contributed by atoms with Crippen LogP contribution in [0.1, 0.15) is 29.0 Å². The van der Waals surface area contributed by atoms with E-state index in [0.29, 0.717) is 11.6 Å². The van der Waals surface area contributed by atoms with Crippen LogP contribution in [0.2, 0.25) is 0 Å². The van der Waals surface area contributed by atoms with Crippen LogP contribution < -0.4 is 0 Å². The summed E-state index contributed by atoms with van der Waals surface area (Å²) in [7, 11) is 0. The molecule has 0 aliphatic rings. The number of benzene rings is 2. The minimum absolute atomic E-state index is 0.0650. The highest BCUT2D eigenvalue weighted by Gasteiger charge is 2.18. The zero-order chi connectivity index (χ0) is 14.0. The second-order valence-electron chi connectivity index (χ2n) is 4.25. The Balaban J connectivity index is 2.37. The molecule has 0 saturated carbocycles. The van der Waals surface area contributed by atoms with Crippen LogP contribution >= 0.6 is 11.6 Å². The van der Waals surface area contributed by atoms with Gasteiger partial charge in [0.15, 0.2) is 11.6 Å². The van der Waals surface area contributed by atoms with Gasteiger partial charge in [-0.15, -0.1) is 11.6 Å². The second-order valence-corrected chi connectivity index (χ2v) is 4.68. The molecule has 0 aliphatic carbocycles. The van der Waals surface area contributed by atoms with Gasteiger partial charge in [-0.3, -0.25) is 0 Å². The van der Waals surface area contributed by atoms with Gasteiger partial charge in [0.2, 0.25) is 0 Å². The second kappa shape index (κ2) is 5.66. The maximum Gasteiger partial charge on any atom is 0.161 e. The van der Waals surface area contributed by atoms with Crippen molar-refractivity contribution in [3.05, 3.63) is 70.5 Å². The number of alkyl halides is 1. The molecule has 0 spiro atoms. The molecular weight excluding hydrogens is 273 g/mol. The van der Waals surface area contributed by atoms with E-state index in [2.05, 4.69) is 0 Å². The Labute approximate surface area is 114 Å². The molecule has 100 valence electrons. The van der Waals surface area contributed by atoms with E-state index >= 15 is 0 Å². The van der Waals surface area contributed by atoms with Crippen molar-refractivity contribution < 1.29 is 13.2 Å². The van der Waals surface area contributed by atoms with Gasteiger partial charge in [-0.25, -0.2) is 13.2 Å². The molecule has 0 heterocycles. The van der Waals surface area contributed by atoms with Crippen LogP contribution in [0.25, 0.3) is 0 Å². The van der Waals surface area contributed by atoms with E-state index in [-0.39, 0.29) is 5.56 Å². The lowest BCUT2D eigenvalue weighted by Crippen LogP contribution is -2.00. The molecule has 0 amide bonds. The van der Waals surface area contributed by atoms with Gasteiger partial charge in [-0.2, -0.15) is 0 Å². The molecule has 2 aromatic carbocycles. The van der Waals surface area contributed by atoms with E-state index in [1.165, 1.54) is 0 Å². The normalized spacial score (nSPS) is 12.5. The quantitative estimate of drug-likeness (QED) is 0.550. The number of rotatable bonds is 3. The number of halogens is 4. The Morgan fingerprint density at radius 2 is 1.53 bits per heavy atom. The summed E-state index contributed by atoms with van der Waals surface area (Å²) in [4.78, 5) is 0. The molecule has 0 bridgehead atoms. The molecular formula is C15H12ClF3. The average molecular weight is 285 g/mol. The van der Waals surface area contributed by atoms with Gasteiger partial charge in [-0.1, -0.05) is 31.2 Å². The zero-order valence-corrected chi connectivity index (χ0v) is 11.0.